The Morgan fingerprint density at radius 3 is 2.74 bits per heavy atom. The van der Waals surface area contributed by atoms with Gasteiger partial charge in [-0.25, -0.2) is 0 Å². The number of benzene rings is 1. The fraction of sp³-hybridized carbons (Fsp3) is 0.500. The fourth-order valence-corrected chi connectivity index (χ4v) is 1.62. The van der Waals surface area contributed by atoms with Gasteiger partial charge in [0.25, 0.3) is 0 Å². The van der Waals surface area contributed by atoms with E-state index in [-0.39, 0.29) is 0 Å². The lowest BCUT2D eigenvalue weighted by Crippen LogP contribution is -2.34. The molecule has 1 aromatic rings. The summed E-state index contributed by atoms with van der Waals surface area (Å²) in [6.07, 6.45) is 0.391. The number of carbonyl (C=O) groups excluding carboxylic acids is 1. The molecule has 2 N–H and O–H groups in total. The predicted octanol–water partition coefficient (Wildman–Crippen LogP) is 1.14. The molecule has 0 aliphatic rings. The van der Waals surface area contributed by atoms with E-state index < -0.39 is 12.0 Å². The van der Waals surface area contributed by atoms with Crippen LogP contribution in [0.1, 0.15) is 12.5 Å². The second-order valence-corrected chi connectivity index (χ2v) is 4.01. The largest absolute Gasteiger partial charge is 0.491 e. The summed E-state index contributed by atoms with van der Waals surface area (Å²) in [4.78, 5) is 11.5. The number of hydrogen-bond donors (Lipinski definition) is 1. The summed E-state index contributed by atoms with van der Waals surface area (Å²) in [6.45, 7) is 3.06. The Bertz CT molecular complexity index is 395. The first-order chi connectivity index (χ1) is 9.19. The molecule has 0 aliphatic heterocycles. The molecule has 1 aromatic carbocycles. The van der Waals surface area contributed by atoms with Crippen LogP contribution in [0.5, 0.6) is 5.75 Å². The molecule has 0 aromatic heterocycles. The molecule has 19 heavy (non-hydrogen) atoms. The van der Waals surface area contributed by atoms with Crippen LogP contribution in [0.2, 0.25) is 0 Å². The molecule has 0 amide bonds. The molecule has 0 saturated heterocycles. The summed E-state index contributed by atoms with van der Waals surface area (Å²) in [6, 6.07) is 6.83. The number of ether oxygens (including phenoxy) is 3. The molecule has 0 spiro atoms. The van der Waals surface area contributed by atoms with E-state index in [4.69, 9.17) is 19.9 Å². The van der Waals surface area contributed by atoms with Gasteiger partial charge in [-0.15, -0.1) is 0 Å². The zero-order chi connectivity index (χ0) is 14.1. The van der Waals surface area contributed by atoms with Crippen molar-refractivity contribution in [3.05, 3.63) is 29.8 Å². The summed E-state index contributed by atoms with van der Waals surface area (Å²) in [5.74, 6) is 0.327. The van der Waals surface area contributed by atoms with Crippen molar-refractivity contribution >= 4 is 5.97 Å². The van der Waals surface area contributed by atoms with Gasteiger partial charge >= 0.3 is 5.97 Å². The maximum absolute atomic E-state index is 11.5. The standard InChI is InChI=1S/C14H21NO4/c1-3-18-14(16)12(15)10-11-6-4-5-7-13(11)19-9-8-17-2/h4-7,12H,3,8-10,15H2,1-2H3/t12-/m0/s1. The highest BCUT2D eigenvalue weighted by Crippen LogP contribution is 2.19. The van der Waals surface area contributed by atoms with E-state index >= 15 is 0 Å². The highest BCUT2D eigenvalue weighted by Gasteiger charge is 2.17. The maximum atomic E-state index is 11.5. The molecule has 0 heterocycles. The summed E-state index contributed by atoms with van der Waals surface area (Å²) in [5.41, 5.74) is 6.69. The number of nitrogens with two attached hydrogens (primary N) is 1. The zero-order valence-electron chi connectivity index (χ0n) is 11.4. The number of para-hydroxylation sites is 1. The number of hydrogen-bond acceptors (Lipinski definition) is 5. The van der Waals surface area contributed by atoms with Crippen LogP contribution in [0.15, 0.2) is 24.3 Å². The number of methoxy groups -OCH3 is 1. The first-order valence-electron chi connectivity index (χ1n) is 6.30. The Hall–Kier alpha value is -1.59. The van der Waals surface area contributed by atoms with Crippen LogP contribution in [0, 0.1) is 0 Å². The smallest absolute Gasteiger partial charge is 0.323 e. The van der Waals surface area contributed by atoms with Crippen molar-refractivity contribution in [2.45, 2.75) is 19.4 Å². The number of esters is 1. The van der Waals surface area contributed by atoms with Crippen molar-refractivity contribution in [1.29, 1.82) is 0 Å². The molecular formula is C14H21NO4. The van der Waals surface area contributed by atoms with Crippen molar-refractivity contribution in [3.63, 3.8) is 0 Å². The maximum Gasteiger partial charge on any atom is 0.323 e. The van der Waals surface area contributed by atoms with Gasteiger partial charge in [-0.2, -0.15) is 0 Å². The molecule has 0 fully saturated rings. The summed E-state index contributed by atoms with van der Waals surface area (Å²) in [5, 5.41) is 0. The first kappa shape index (κ1) is 15.5. The summed E-state index contributed by atoms with van der Waals surface area (Å²) < 4.78 is 15.4. The minimum Gasteiger partial charge on any atom is -0.491 e. The minimum absolute atomic E-state index is 0.332. The monoisotopic (exact) mass is 267 g/mol. The van der Waals surface area contributed by atoms with Gasteiger partial charge in [0.1, 0.15) is 18.4 Å². The quantitative estimate of drug-likeness (QED) is 0.565. The topological polar surface area (TPSA) is 70.8 Å². The SMILES string of the molecule is CCOC(=O)[C@@H](N)Cc1ccccc1OCCOC. The summed E-state index contributed by atoms with van der Waals surface area (Å²) >= 11 is 0. The van der Waals surface area contributed by atoms with Gasteiger partial charge in [0.2, 0.25) is 0 Å². The summed E-state index contributed by atoms with van der Waals surface area (Å²) in [7, 11) is 1.62. The van der Waals surface area contributed by atoms with Gasteiger partial charge in [-0.05, 0) is 18.6 Å². The molecule has 0 aliphatic carbocycles. The highest BCUT2D eigenvalue weighted by atomic mass is 16.5. The minimum atomic E-state index is -0.674. The van der Waals surface area contributed by atoms with Crippen molar-refractivity contribution in [2.75, 3.05) is 26.9 Å². The van der Waals surface area contributed by atoms with Gasteiger partial charge in [-0.1, -0.05) is 18.2 Å². The van der Waals surface area contributed by atoms with Crippen LogP contribution in [-0.4, -0.2) is 38.9 Å². The van der Waals surface area contributed by atoms with Crippen molar-refractivity contribution in [1.82, 2.24) is 0 Å². The lowest BCUT2D eigenvalue weighted by atomic mass is 10.1. The van der Waals surface area contributed by atoms with Crippen LogP contribution in [0.25, 0.3) is 0 Å². The van der Waals surface area contributed by atoms with Crippen LogP contribution < -0.4 is 10.5 Å². The van der Waals surface area contributed by atoms with Gasteiger partial charge in [0, 0.05) is 13.5 Å². The third kappa shape index (κ3) is 5.28. The van der Waals surface area contributed by atoms with Gasteiger partial charge in [0.15, 0.2) is 0 Å². The molecule has 5 heteroatoms. The van der Waals surface area contributed by atoms with Gasteiger partial charge < -0.3 is 19.9 Å². The second-order valence-electron chi connectivity index (χ2n) is 4.01. The van der Waals surface area contributed by atoms with Crippen LogP contribution >= 0.6 is 0 Å². The van der Waals surface area contributed by atoms with Crippen LogP contribution in [0.4, 0.5) is 0 Å². The Balaban J connectivity index is 2.63. The molecule has 0 saturated carbocycles. The normalized spacial score (nSPS) is 11.9. The van der Waals surface area contributed by atoms with Crippen molar-refractivity contribution in [2.24, 2.45) is 5.73 Å². The zero-order valence-corrected chi connectivity index (χ0v) is 11.4. The van der Waals surface area contributed by atoms with E-state index in [1.165, 1.54) is 0 Å². The molecule has 1 rings (SSSR count). The van der Waals surface area contributed by atoms with Gasteiger partial charge in [0.05, 0.1) is 13.2 Å². The molecule has 0 unspecified atom stereocenters. The first-order valence-corrected chi connectivity index (χ1v) is 6.30. The van der Waals surface area contributed by atoms with E-state index in [9.17, 15) is 4.79 Å². The third-order valence-electron chi connectivity index (χ3n) is 2.55. The molecule has 106 valence electrons. The highest BCUT2D eigenvalue weighted by molar-refractivity contribution is 5.76. The van der Waals surface area contributed by atoms with Crippen LogP contribution in [0.3, 0.4) is 0 Å². The predicted molar refractivity (Wildman–Crippen MR) is 72.1 cm³/mol. The Morgan fingerprint density at radius 2 is 2.05 bits per heavy atom. The Kier molecular flexibility index (Phi) is 6.92. The molecule has 1 atom stereocenters. The third-order valence-corrected chi connectivity index (χ3v) is 2.55. The van der Waals surface area contributed by atoms with E-state index in [0.29, 0.717) is 26.2 Å². The Morgan fingerprint density at radius 1 is 1.32 bits per heavy atom. The van der Waals surface area contributed by atoms with E-state index in [1.807, 2.05) is 24.3 Å². The molecule has 0 radical (unpaired) electrons. The molecular weight excluding hydrogens is 246 g/mol. The number of carbonyl (C=O) groups is 1. The lowest BCUT2D eigenvalue weighted by molar-refractivity contribution is -0.144. The van der Waals surface area contributed by atoms with E-state index in [1.54, 1.807) is 14.0 Å². The van der Waals surface area contributed by atoms with E-state index in [2.05, 4.69) is 0 Å². The molecule has 0 bridgehead atoms. The number of rotatable bonds is 8. The van der Waals surface area contributed by atoms with Gasteiger partial charge in [-0.3, -0.25) is 4.79 Å². The fourth-order valence-electron chi connectivity index (χ4n) is 1.62. The Labute approximate surface area is 113 Å². The lowest BCUT2D eigenvalue weighted by Gasteiger charge is -2.14. The average Bonchev–Trinajstić information content (AvgIpc) is 2.41. The van der Waals surface area contributed by atoms with E-state index in [0.717, 1.165) is 11.3 Å². The van der Waals surface area contributed by atoms with Crippen molar-refractivity contribution < 1.29 is 19.0 Å². The molecule has 5 nitrogen and oxygen atoms in total. The van der Waals surface area contributed by atoms with Crippen LogP contribution in [-0.2, 0) is 20.7 Å². The second kappa shape index (κ2) is 8.50. The van der Waals surface area contributed by atoms with Crippen molar-refractivity contribution in [3.8, 4) is 5.75 Å². The average molecular weight is 267 g/mol.